The maximum absolute atomic E-state index is 11.8. The molecule has 30 heavy (non-hydrogen) atoms. The lowest BCUT2D eigenvalue weighted by atomic mass is 10.1. The molecule has 0 aromatic heterocycles. The number of carbonyl (C=O) groups is 2. The van der Waals surface area contributed by atoms with Gasteiger partial charge in [0, 0.05) is 25.9 Å². The largest absolute Gasteiger partial charge is 0.356 e. The van der Waals surface area contributed by atoms with Crippen LogP contribution < -0.4 is 10.6 Å². The van der Waals surface area contributed by atoms with Crippen molar-refractivity contribution in [2.75, 3.05) is 13.1 Å². The Bertz CT molecular complexity index is 395. The first kappa shape index (κ1) is 28.4. The highest BCUT2D eigenvalue weighted by molar-refractivity contribution is 5.76. The molecule has 2 N–H and O–H groups in total. The number of amides is 2. The van der Waals surface area contributed by atoms with Crippen LogP contribution in [0, 0.1) is 0 Å². The first-order chi connectivity index (χ1) is 14.7. The van der Waals surface area contributed by atoms with Crippen LogP contribution in [0.25, 0.3) is 0 Å². The molecule has 4 heteroatoms. The minimum atomic E-state index is 0.162. The predicted molar refractivity (Wildman–Crippen MR) is 130 cm³/mol. The molecule has 0 spiro atoms. The van der Waals surface area contributed by atoms with E-state index in [4.69, 9.17) is 0 Å². The molecule has 0 fully saturated rings. The molecule has 0 bridgehead atoms. The van der Waals surface area contributed by atoms with Gasteiger partial charge in [-0.1, -0.05) is 63.5 Å². The van der Waals surface area contributed by atoms with E-state index in [1.165, 1.54) is 51.4 Å². The van der Waals surface area contributed by atoms with E-state index >= 15 is 0 Å². The SMILES string of the molecule is C=CCCCCCCCCC(=O)NCCCCNC(=O)CCCCCCCCC=C. The molecule has 0 aliphatic carbocycles. The molecule has 0 saturated heterocycles. The van der Waals surface area contributed by atoms with Crippen LogP contribution in [0.2, 0.25) is 0 Å². The van der Waals surface area contributed by atoms with E-state index in [9.17, 15) is 9.59 Å². The molecule has 4 nitrogen and oxygen atoms in total. The van der Waals surface area contributed by atoms with Gasteiger partial charge in [0.2, 0.25) is 11.8 Å². The summed E-state index contributed by atoms with van der Waals surface area (Å²) in [5, 5.41) is 5.98. The van der Waals surface area contributed by atoms with Gasteiger partial charge >= 0.3 is 0 Å². The summed E-state index contributed by atoms with van der Waals surface area (Å²) in [5.74, 6) is 0.324. The zero-order chi connectivity index (χ0) is 22.1. The Labute approximate surface area is 186 Å². The van der Waals surface area contributed by atoms with Crippen LogP contribution >= 0.6 is 0 Å². The molecule has 0 atom stereocenters. The Morgan fingerprint density at radius 2 is 0.833 bits per heavy atom. The number of unbranched alkanes of at least 4 members (excludes halogenated alkanes) is 13. The Hall–Kier alpha value is -1.58. The molecule has 0 heterocycles. The third kappa shape index (κ3) is 22.7. The van der Waals surface area contributed by atoms with Crippen LogP contribution in [0.15, 0.2) is 25.3 Å². The lowest BCUT2D eigenvalue weighted by Gasteiger charge is -2.07. The number of carbonyl (C=O) groups excluding carboxylic acids is 2. The fourth-order valence-electron chi connectivity index (χ4n) is 3.45. The molecule has 0 radical (unpaired) electrons. The molecule has 0 unspecified atom stereocenters. The van der Waals surface area contributed by atoms with Crippen molar-refractivity contribution in [1.82, 2.24) is 10.6 Å². The van der Waals surface area contributed by atoms with Gasteiger partial charge in [0.25, 0.3) is 0 Å². The molecule has 0 aromatic rings. The highest BCUT2D eigenvalue weighted by Crippen LogP contribution is 2.09. The van der Waals surface area contributed by atoms with E-state index in [0.29, 0.717) is 25.9 Å². The summed E-state index contributed by atoms with van der Waals surface area (Å²) in [6.45, 7) is 8.89. The Balaban J connectivity index is 3.29. The topological polar surface area (TPSA) is 58.2 Å². The Morgan fingerprint density at radius 1 is 0.500 bits per heavy atom. The second kappa shape index (κ2) is 23.7. The number of allylic oxidation sites excluding steroid dienone is 2. The summed E-state index contributed by atoms with van der Waals surface area (Å²) < 4.78 is 0. The zero-order valence-electron chi connectivity index (χ0n) is 19.5. The minimum Gasteiger partial charge on any atom is -0.356 e. The first-order valence-electron chi connectivity index (χ1n) is 12.5. The monoisotopic (exact) mass is 420 g/mol. The molecule has 0 aliphatic heterocycles. The second-order valence-electron chi connectivity index (χ2n) is 8.30. The smallest absolute Gasteiger partial charge is 0.219 e. The van der Waals surface area contributed by atoms with E-state index in [1.807, 2.05) is 12.2 Å². The van der Waals surface area contributed by atoms with Crippen molar-refractivity contribution in [2.24, 2.45) is 0 Å². The third-order valence-corrected chi connectivity index (χ3v) is 5.37. The van der Waals surface area contributed by atoms with E-state index in [-0.39, 0.29) is 11.8 Å². The number of rotatable bonds is 23. The van der Waals surface area contributed by atoms with Crippen LogP contribution in [0.1, 0.15) is 116 Å². The molecular formula is C26H48N2O2. The highest BCUT2D eigenvalue weighted by atomic mass is 16.2. The summed E-state index contributed by atoms with van der Waals surface area (Å²) in [7, 11) is 0. The summed E-state index contributed by atoms with van der Waals surface area (Å²) >= 11 is 0. The molecule has 0 aromatic carbocycles. The highest BCUT2D eigenvalue weighted by Gasteiger charge is 2.02. The molecule has 2 amide bonds. The third-order valence-electron chi connectivity index (χ3n) is 5.37. The zero-order valence-corrected chi connectivity index (χ0v) is 19.5. The number of hydrogen-bond acceptors (Lipinski definition) is 2. The van der Waals surface area contributed by atoms with Gasteiger partial charge in [-0.3, -0.25) is 9.59 Å². The van der Waals surface area contributed by atoms with Crippen molar-refractivity contribution in [2.45, 2.75) is 116 Å². The number of hydrogen-bond donors (Lipinski definition) is 2. The molecule has 0 aliphatic rings. The minimum absolute atomic E-state index is 0.162. The van der Waals surface area contributed by atoms with Crippen molar-refractivity contribution in [3.8, 4) is 0 Å². The molecular weight excluding hydrogens is 372 g/mol. The normalized spacial score (nSPS) is 10.5. The second-order valence-corrected chi connectivity index (χ2v) is 8.30. The van der Waals surface area contributed by atoms with Crippen LogP contribution in [0.3, 0.4) is 0 Å². The Morgan fingerprint density at radius 3 is 1.20 bits per heavy atom. The predicted octanol–water partition coefficient (Wildman–Crippen LogP) is 6.61. The van der Waals surface area contributed by atoms with Gasteiger partial charge in [-0.05, 0) is 51.4 Å². The van der Waals surface area contributed by atoms with E-state index in [1.54, 1.807) is 0 Å². The summed E-state index contributed by atoms with van der Waals surface area (Å²) in [4.78, 5) is 23.6. The van der Waals surface area contributed by atoms with E-state index < -0.39 is 0 Å². The van der Waals surface area contributed by atoms with Crippen LogP contribution in [0.5, 0.6) is 0 Å². The Kier molecular flexibility index (Phi) is 22.4. The van der Waals surface area contributed by atoms with Gasteiger partial charge in [-0.25, -0.2) is 0 Å². The summed E-state index contributed by atoms with van der Waals surface area (Å²) in [6.07, 6.45) is 23.5. The van der Waals surface area contributed by atoms with Gasteiger partial charge in [0.1, 0.15) is 0 Å². The van der Waals surface area contributed by atoms with Crippen molar-refractivity contribution in [1.29, 1.82) is 0 Å². The van der Waals surface area contributed by atoms with Crippen LogP contribution in [-0.4, -0.2) is 24.9 Å². The average Bonchev–Trinajstić information content (AvgIpc) is 2.74. The molecule has 0 rings (SSSR count). The van der Waals surface area contributed by atoms with Crippen molar-refractivity contribution in [3.05, 3.63) is 25.3 Å². The van der Waals surface area contributed by atoms with Gasteiger partial charge in [-0.15, -0.1) is 13.2 Å². The maximum Gasteiger partial charge on any atom is 0.219 e. The molecule has 174 valence electrons. The van der Waals surface area contributed by atoms with Crippen molar-refractivity contribution in [3.63, 3.8) is 0 Å². The van der Waals surface area contributed by atoms with Gasteiger partial charge < -0.3 is 10.6 Å². The van der Waals surface area contributed by atoms with Gasteiger partial charge in [0.05, 0.1) is 0 Å². The first-order valence-corrected chi connectivity index (χ1v) is 12.5. The van der Waals surface area contributed by atoms with Crippen LogP contribution in [-0.2, 0) is 9.59 Å². The quantitative estimate of drug-likeness (QED) is 0.144. The molecule has 0 saturated carbocycles. The fraction of sp³-hybridized carbons (Fsp3) is 0.769. The van der Waals surface area contributed by atoms with Crippen molar-refractivity contribution >= 4 is 11.8 Å². The van der Waals surface area contributed by atoms with Crippen molar-refractivity contribution < 1.29 is 9.59 Å². The fourth-order valence-corrected chi connectivity index (χ4v) is 3.45. The lowest BCUT2D eigenvalue weighted by molar-refractivity contribution is -0.122. The summed E-state index contributed by atoms with van der Waals surface area (Å²) in [6, 6.07) is 0. The lowest BCUT2D eigenvalue weighted by Crippen LogP contribution is -2.27. The van der Waals surface area contributed by atoms with Gasteiger partial charge in [-0.2, -0.15) is 0 Å². The standard InChI is InChI=1S/C26H48N2O2/c1-3-5-7-9-11-13-15-17-21-25(29)27-23-19-20-24-28-26(30)22-18-16-14-12-10-8-6-4-2/h3-4H,1-2,5-24H2,(H,27,29)(H,28,30). The van der Waals surface area contributed by atoms with E-state index in [2.05, 4.69) is 23.8 Å². The van der Waals surface area contributed by atoms with Crippen LogP contribution in [0.4, 0.5) is 0 Å². The maximum atomic E-state index is 11.8. The van der Waals surface area contributed by atoms with E-state index in [0.717, 1.165) is 51.4 Å². The van der Waals surface area contributed by atoms with Gasteiger partial charge in [0.15, 0.2) is 0 Å². The number of nitrogens with one attached hydrogen (secondary N) is 2. The summed E-state index contributed by atoms with van der Waals surface area (Å²) in [5.41, 5.74) is 0. The average molecular weight is 421 g/mol.